The summed E-state index contributed by atoms with van der Waals surface area (Å²) in [5.41, 5.74) is -1.19. The molecule has 0 saturated carbocycles. The smallest absolute Gasteiger partial charge is 0.357 e. The van der Waals surface area contributed by atoms with Gasteiger partial charge >= 0.3 is 16.9 Å². The van der Waals surface area contributed by atoms with E-state index in [9.17, 15) is 19.7 Å². The topological polar surface area (TPSA) is 118 Å². The molecule has 0 bridgehead atoms. The lowest BCUT2D eigenvalue weighted by Crippen LogP contribution is -2.25. The van der Waals surface area contributed by atoms with Crippen LogP contribution in [0.5, 0.6) is 5.75 Å². The van der Waals surface area contributed by atoms with Gasteiger partial charge in [0.25, 0.3) is 0 Å². The van der Waals surface area contributed by atoms with Crippen LogP contribution in [0.25, 0.3) is 12.2 Å². The lowest BCUT2D eigenvalue weighted by Gasteiger charge is -2.09. The zero-order valence-electron chi connectivity index (χ0n) is 14.6. The number of nitrogens with zero attached hydrogens (tertiary/aromatic N) is 1. The number of nitrogens with one attached hydrogen (secondary N) is 2. The van der Waals surface area contributed by atoms with E-state index in [2.05, 4.69) is 20.9 Å². The molecule has 2 aromatic carbocycles. The fourth-order valence-electron chi connectivity index (χ4n) is 2.46. The summed E-state index contributed by atoms with van der Waals surface area (Å²) >= 11 is 9.28. The number of aromatic amines is 2. The molecule has 1 aromatic heterocycles. The van der Waals surface area contributed by atoms with Gasteiger partial charge in [-0.15, -0.1) is 0 Å². The van der Waals surface area contributed by atoms with Crippen LogP contribution in [0, 0.1) is 10.1 Å². The maximum atomic E-state index is 11.6. The summed E-state index contributed by atoms with van der Waals surface area (Å²) in [5.74, 6) is 0.604. The number of rotatable bonds is 6. The number of H-pyrrole nitrogens is 2. The Morgan fingerprint density at radius 3 is 2.48 bits per heavy atom. The van der Waals surface area contributed by atoms with Crippen molar-refractivity contribution in [1.29, 1.82) is 0 Å². The summed E-state index contributed by atoms with van der Waals surface area (Å²) in [6, 6.07) is 12.5. The number of nitro groups is 1. The van der Waals surface area contributed by atoms with Crippen molar-refractivity contribution in [2.45, 2.75) is 6.61 Å². The predicted molar refractivity (Wildman–Crippen MR) is 113 cm³/mol. The molecule has 0 unspecified atom stereocenters. The average Bonchev–Trinajstić information content (AvgIpc) is 2.66. The maximum absolute atomic E-state index is 11.6. The second kappa shape index (κ2) is 8.89. The molecule has 0 fully saturated rings. The third-order valence-electron chi connectivity index (χ3n) is 3.83. The number of ether oxygens (including phenoxy) is 1. The Kier molecular flexibility index (Phi) is 6.30. The van der Waals surface area contributed by atoms with Gasteiger partial charge in [0.2, 0.25) is 0 Å². The number of hydrogen-bond donors (Lipinski definition) is 2. The molecule has 0 spiro atoms. The molecule has 2 N–H and O–H groups in total. The fourth-order valence-corrected chi connectivity index (χ4v) is 3.10. The normalized spacial score (nSPS) is 11.0. The zero-order chi connectivity index (χ0) is 21.0. The minimum Gasteiger partial charge on any atom is -0.488 e. The van der Waals surface area contributed by atoms with Crippen molar-refractivity contribution in [2.24, 2.45) is 0 Å². The first-order chi connectivity index (χ1) is 13.8. The van der Waals surface area contributed by atoms with E-state index in [4.69, 9.17) is 16.3 Å². The van der Waals surface area contributed by atoms with Gasteiger partial charge in [0, 0.05) is 5.02 Å². The standard InChI is InChI=1S/C19H13BrClN3O5/c20-14-9-11(3-7-15-17(24(27)28)18(25)23-19(26)22-15)4-8-16(14)29-10-12-1-5-13(21)6-2-12/h1-9H,10H2,(H2,22,23,25,26)/b7-3-. The molecule has 0 amide bonds. The first-order valence-corrected chi connectivity index (χ1v) is 9.36. The summed E-state index contributed by atoms with van der Waals surface area (Å²) in [4.78, 5) is 37.3. The summed E-state index contributed by atoms with van der Waals surface area (Å²) in [6.45, 7) is 0.352. The van der Waals surface area contributed by atoms with E-state index in [1.807, 2.05) is 17.1 Å². The van der Waals surface area contributed by atoms with Gasteiger partial charge in [-0.25, -0.2) is 4.79 Å². The van der Waals surface area contributed by atoms with Crippen LogP contribution >= 0.6 is 27.5 Å². The Bertz CT molecular complexity index is 1200. The minimum atomic E-state index is -1.06. The maximum Gasteiger partial charge on any atom is 0.357 e. The van der Waals surface area contributed by atoms with Crippen LogP contribution in [-0.4, -0.2) is 14.9 Å². The van der Waals surface area contributed by atoms with Crippen LogP contribution in [0.2, 0.25) is 5.02 Å². The van der Waals surface area contributed by atoms with Gasteiger partial charge in [-0.3, -0.25) is 19.9 Å². The van der Waals surface area contributed by atoms with Gasteiger partial charge in [-0.05, 0) is 57.4 Å². The molecule has 0 aliphatic rings. The molecule has 0 aliphatic carbocycles. The van der Waals surface area contributed by atoms with Crippen molar-refractivity contribution in [3.8, 4) is 5.75 Å². The fraction of sp³-hybridized carbons (Fsp3) is 0.0526. The van der Waals surface area contributed by atoms with Crippen LogP contribution in [0.4, 0.5) is 5.69 Å². The Labute approximate surface area is 177 Å². The summed E-state index contributed by atoms with van der Waals surface area (Å²) < 4.78 is 6.44. The highest BCUT2D eigenvalue weighted by Crippen LogP contribution is 2.28. The molecular weight excluding hydrogens is 466 g/mol. The number of hydrogen-bond acceptors (Lipinski definition) is 5. The third-order valence-corrected chi connectivity index (χ3v) is 4.71. The molecule has 0 aliphatic heterocycles. The van der Waals surface area contributed by atoms with E-state index < -0.39 is 21.9 Å². The van der Waals surface area contributed by atoms with E-state index in [0.29, 0.717) is 27.4 Å². The van der Waals surface area contributed by atoms with Crippen molar-refractivity contribution < 1.29 is 9.66 Å². The molecule has 1 heterocycles. The Balaban J connectivity index is 1.79. The molecule has 148 valence electrons. The Morgan fingerprint density at radius 2 is 1.83 bits per heavy atom. The minimum absolute atomic E-state index is 0.192. The quantitative estimate of drug-likeness (QED) is 0.408. The largest absolute Gasteiger partial charge is 0.488 e. The van der Waals surface area contributed by atoms with Gasteiger partial charge in [0.05, 0.1) is 9.40 Å². The first kappa shape index (κ1) is 20.6. The molecule has 0 atom stereocenters. The van der Waals surface area contributed by atoms with Gasteiger partial charge in [0.15, 0.2) is 0 Å². The third kappa shape index (κ3) is 5.21. The number of aromatic nitrogens is 2. The molecule has 29 heavy (non-hydrogen) atoms. The predicted octanol–water partition coefficient (Wildman–Crippen LogP) is 4.14. The van der Waals surface area contributed by atoms with Crippen LogP contribution in [0.15, 0.2) is 56.5 Å². The highest BCUT2D eigenvalue weighted by atomic mass is 79.9. The Hall–Kier alpha value is -3.17. The average molecular weight is 479 g/mol. The SMILES string of the molecule is O=c1[nH]c(/C=C\c2ccc(OCc3ccc(Cl)cc3)c(Br)c2)c([N+](=O)[O-])c(=O)[nH]1. The first-order valence-electron chi connectivity index (χ1n) is 8.19. The lowest BCUT2D eigenvalue weighted by atomic mass is 10.2. The number of halogens is 2. The molecule has 3 aromatic rings. The van der Waals surface area contributed by atoms with Crippen molar-refractivity contribution in [3.63, 3.8) is 0 Å². The van der Waals surface area contributed by atoms with Gasteiger partial charge < -0.3 is 9.72 Å². The Morgan fingerprint density at radius 1 is 1.10 bits per heavy atom. The highest BCUT2D eigenvalue weighted by molar-refractivity contribution is 9.10. The van der Waals surface area contributed by atoms with Crippen molar-refractivity contribution >= 4 is 45.4 Å². The zero-order valence-corrected chi connectivity index (χ0v) is 17.0. The van der Waals surface area contributed by atoms with Gasteiger partial charge in [-0.1, -0.05) is 35.9 Å². The van der Waals surface area contributed by atoms with Crippen molar-refractivity contribution in [1.82, 2.24) is 9.97 Å². The monoisotopic (exact) mass is 477 g/mol. The summed E-state index contributed by atoms with van der Waals surface area (Å²) in [7, 11) is 0. The molecule has 3 rings (SSSR count). The summed E-state index contributed by atoms with van der Waals surface area (Å²) in [5, 5.41) is 11.7. The lowest BCUT2D eigenvalue weighted by molar-refractivity contribution is -0.386. The van der Waals surface area contributed by atoms with E-state index in [1.54, 1.807) is 30.3 Å². The van der Waals surface area contributed by atoms with E-state index in [1.165, 1.54) is 12.2 Å². The van der Waals surface area contributed by atoms with E-state index >= 15 is 0 Å². The molecular formula is C19H13BrClN3O5. The highest BCUT2D eigenvalue weighted by Gasteiger charge is 2.18. The van der Waals surface area contributed by atoms with Crippen molar-refractivity contribution in [2.75, 3.05) is 0 Å². The second-order valence-corrected chi connectivity index (χ2v) is 7.16. The van der Waals surface area contributed by atoms with Crippen molar-refractivity contribution in [3.05, 3.63) is 99.7 Å². The van der Waals surface area contributed by atoms with Crippen LogP contribution in [-0.2, 0) is 6.61 Å². The molecule has 10 heteroatoms. The van der Waals surface area contributed by atoms with Crippen LogP contribution in [0.3, 0.4) is 0 Å². The second-order valence-electron chi connectivity index (χ2n) is 5.87. The van der Waals surface area contributed by atoms with Gasteiger partial charge in [-0.2, -0.15) is 0 Å². The van der Waals surface area contributed by atoms with Crippen LogP contribution in [0.1, 0.15) is 16.8 Å². The van der Waals surface area contributed by atoms with E-state index in [-0.39, 0.29) is 5.69 Å². The molecule has 0 saturated heterocycles. The van der Waals surface area contributed by atoms with E-state index in [0.717, 1.165) is 5.56 Å². The molecule has 8 nitrogen and oxygen atoms in total. The van der Waals surface area contributed by atoms with Crippen LogP contribution < -0.4 is 16.0 Å². The summed E-state index contributed by atoms with van der Waals surface area (Å²) in [6.07, 6.45) is 2.83. The van der Waals surface area contributed by atoms with Gasteiger partial charge in [0.1, 0.15) is 18.1 Å². The number of benzene rings is 2. The molecule has 0 radical (unpaired) electrons.